The van der Waals surface area contributed by atoms with E-state index in [0.717, 1.165) is 47.5 Å². The van der Waals surface area contributed by atoms with E-state index in [1.54, 1.807) is 0 Å². The molecule has 0 aromatic heterocycles. The SMILES string of the molecule is Cl.Clc1ccc(OC2CCNCC2)c2ccccc12. The molecule has 1 saturated heterocycles. The first-order chi connectivity index (χ1) is 8.84. The summed E-state index contributed by atoms with van der Waals surface area (Å²) in [6.07, 6.45) is 2.45. The van der Waals surface area contributed by atoms with Crippen LogP contribution in [0.25, 0.3) is 10.8 Å². The maximum Gasteiger partial charge on any atom is 0.127 e. The second-order valence-corrected chi connectivity index (χ2v) is 5.07. The summed E-state index contributed by atoms with van der Waals surface area (Å²) in [4.78, 5) is 0. The number of rotatable bonds is 2. The standard InChI is InChI=1S/C15H16ClNO.ClH/c16-14-5-6-15(13-4-2-1-3-12(13)14)18-11-7-9-17-10-8-11;/h1-6,11,17H,7-10H2;1H. The molecular formula is C15H17Cl2NO. The average molecular weight is 298 g/mol. The Hall–Kier alpha value is -0.960. The zero-order chi connectivity index (χ0) is 12.4. The molecule has 2 aromatic rings. The fraction of sp³-hybridized carbons (Fsp3) is 0.333. The van der Waals surface area contributed by atoms with Crippen LogP contribution in [0.15, 0.2) is 36.4 Å². The van der Waals surface area contributed by atoms with Gasteiger partial charge in [0.2, 0.25) is 0 Å². The summed E-state index contributed by atoms with van der Waals surface area (Å²) in [6.45, 7) is 2.08. The Morgan fingerprint density at radius 3 is 2.42 bits per heavy atom. The molecule has 0 amide bonds. The van der Waals surface area contributed by atoms with E-state index in [4.69, 9.17) is 16.3 Å². The molecule has 1 heterocycles. The largest absolute Gasteiger partial charge is 0.490 e. The van der Waals surface area contributed by atoms with Crippen molar-refractivity contribution in [1.82, 2.24) is 5.32 Å². The third-order valence-electron chi connectivity index (χ3n) is 3.41. The van der Waals surface area contributed by atoms with Crippen molar-refractivity contribution in [3.63, 3.8) is 0 Å². The van der Waals surface area contributed by atoms with Crippen LogP contribution in [0.2, 0.25) is 5.02 Å². The molecule has 0 spiro atoms. The van der Waals surface area contributed by atoms with E-state index in [9.17, 15) is 0 Å². The number of piperidine rings is 1. The minimum atomic E-state index is 0. The van der Waals surface area contributed by atoms with Gasteiger partial charge in [0.25, 0.3) is 0 Å². The van der Waals surface area contributed by atoms with E-state index in [0.29, 0.717) is 6.10 Å². The Bertz CT molecular complexity index is 553. The Balaban J connectivity index is 0.00000133. The summed E-state index contributed by atoms with van der Waals surface area (Å²) in [5.74, 6) is 0.946. The molecule has 1 aliphatic rings. The lowest BCUT2D eigenvalue weighted by Crippen LogP contribution is -2.34. The zero-order valence-electron chi connectivity index (χ0n) is 10.6. The predicted molar refractivity (Wildman–Crippen MR) is 82.7 cm³/mol. The van der Waals surface area contributed by atoms with Gasteiger partial charge >= 0.3 is 0 Å². The van der Waals surface area contributed by atoms with Crippen molar-refractivity contribution >= 4 is 34.8 Å². The topological polar surface area (TPSA) is 21.3 Å². The normalized spacial score (nSPS) is 16.1. The number of hydrogen-bond acceptors (Lipinski definition) is 2. The van der Waals surface area contributed by atoms with Gasteiger partial charge in [0.05, 0.1) is 0 Å². The van der Waals surface area contributed by atoms with Crippen molar-refractivity contribution in [3.8, 4) is 5.75 Å². The van der Waals surface area contributed by atoms with Crippen molar-refractivity contribution in [2.75, 3.05) is 13.1 Å². The molecule has 2 aromatic carbocycles. The number of hydrogen-bond donors (Lipinski definition) is 1. The van der Waals surface area contributed by atoms with Crippen molar-refractivity contribution < 1.29 is 4.74 Å². The Morgan fingerprint density at radius 2 is 1.68 bits per heavy atom. The maximum atomic E-state index is 6.21. The summed E-state index contributed by atoms with van der Waals surface area (Å²) < 4.78 is 6.12. The lowest BCUT2D eigenvalue weighted by atomic mass is 10.1. The highest BCUT2D eigenvalue weighted by molar-refractivity contribution is 6.35. The minimum absolute atomic E-state index is 0. The molecule has 0 aliphatic carbocycles. The molecule has 3 rings (SSSR count). The average Bonchev–Trinajstić information content (AvgIpc) is 2.44. The molecule has 1 fully saturated rings. The molecule has 1 N–H and O–H groups in total. The quantitative estimate of drug-likeness (QED) is 0.903. The van der Waals surface area contributed by atoms with Crippen molar-refractivity contribution in [2.24, 2.45) is 0 Å². The van der Waals surface area contributed by atoms with Gasteiger partial charge in [-0.1, -0.05) is 35.9 Å². The van der Waals surface area contributed by atoms with Crippen LogP contribution in [0.3, 0.4) is 0 Å². The molecule has 2 nitrogen and oxygen atoms in total. The fourth-order valence-electron chi connectivity index (χ4n) is 2.43. The molecule has 1 aliphatic heterocycles. The van der Waals surface area contributed by atoms with E-state index in [1.165, 1.54) is 0 Å². The Kier molecular flexibility index (Phi) is 4.92. The first-order valence-corrected chi connectivity index (χ1v) is 6.77. The van der Waals surface area contributed by atoms with Gasteiger partial charge in [-0.3, -0.25) is 0 Å². The van der Waals surface area contributed by atoms with Crippen LogP contribution in [0, 0.1) is 0 Å². The van der Waals surface area contributed by atoms with Crippen molar-refractivity contribution in [2.45, 2.75) is 18.9 Å². The molecule has 4 heteroatoms. The molecule has 102 valence electrons. The number of halogens is 2. The summed E-state index contributed by atoms with van der Waals surface area (Å²) in [6, 6.07) is 12.0. The monoisotopic (exact) mass is 297 g/mol. The summed E-state index contributed by atoms with van der Waals surface area (Å²) >= 11 is 6.21. The van der Waals surface area contributed by atoms with Gasteiger partial charge in [-0.05, 0) is 38.1 Å². The Morgan fingerprint density at radius 1 is 1.00 bits per heavy atom. The molecule has 0 atom stereocenters. The summed E-state index contributed by atoms with van der Waals surface area (Å²) in [7, 11) is 0. The number of benzene rings is 2. The molecule has 0 bridgehead atoms. The van der Waals surface area contributed by atoms with Gasteiger partial charge in [0, 0.05) is 15.8 Å². The fourth-order valence-corrected chi connectivity index (χ4v) is 2.66. The highest BCUT2D eigenvalue weighted by atomic mass is 35.5. The lowest BCUT2D eigenvalue weighted by Gasteiger charge is -2.24. The van der Waals surface area contributed by atoms with Crippen molar-refractivity contribution in [1.29, 1.82) is 0 Å². The predicted octanol–water partition coefficient (Wildman–Crippen LogP) is 4.05. The molecule has 0 saturated carbocycles. The highest BCUT2D eigenvalue weighted by Gasteiger charge is 2.15. The number of ether oxygens (including phenoxy) is 1. The third kappa shape index (κ3) is 3.14. The van der Waals surface area contributed by atoms with Crippen LogP contribution in [0.1, 0.15) is 12.8 Å². The summed E-state index contributed by atoms with van der Waals surface area (Å²) in [5.41, 5.74) is 0. The second kappa shape index (κ2) is 6.47. The van der Waals surface area contributed by atoms with Crippen molar-refractivity contribution in [3.05, 3.63) is 41.4 Å². The van der Waals surface area contributed by atoms with Crippen LogP contribution in [0.4, 0.5) is 0 Å². The second-order valence-electron chi connectivity index (χ2n) is 4.66. The van der Waals surface area contributed by atoms with E-state index in [1.807, 2.05) is 30.3 Å². The van der Waals surface area contributed by atoms with Crippen LogP contribution in [-0.2, 0) is 0 Å². The number of fused-ring (bicyclic) bond motifs is 1. The van der Waals surface area contributed by atoms with E-state index < -0.39 is 0 Å². The Labute approximate surface area is 124 Å². The molecular weight excluding hydrogens is 281 g/mol. The highest BCUT2D eigenvalue weighted by Crippen LogP contribution is 2.32. The van der Waals surface area contributed by atoms with Gasteiger partial charge in [0.1, 0.15) is 11.9 Å². The van der Waals surface area contributed by atoms with Crippen LogP contribution < -0.4 is 10.1 Å². The molecule has 0 radical (unpaired) electrons. The first kappa shape index (κ1) is 14.4. The maximum absolute atomic E-state index is 6.21. The van der Waals surface area contributed by atoms with E-state index in [2.05, 4.69) is 11.4 Å². The van der Waals surface area contributed by atoms with Crippen LogP contribution in [0.5, 0.6) is 5.75 Å². The van der Waals surface area contributed by atoms with Gasteiger partial charge in [-0.2, -0.15) is 0 Å². The molecule has 0 unspecified atom stereocenters. The van der Waals surface area contributed by atoms with Gasteiger partial charge < -0.3 is 10.1 Å². The molecule has 19 heavy (non-hydrogen) atoms. The number of nitrogens with one attached hydrogen (secondary N) is 1. The van der Waals surface area contributed by atoms with Gasteiger partial charge in [0.15, 0.2) is 0 Å². The van der Waals surface area contributed by atoms with Crippen LogP contribution in [-0.4, -0.2) is 19.2 Å². The smallest absolute Gasteiger partial charge is 0.127 e. The minimum Gasteiger partial charge on any atom is -0.490 e. The van der Waals surface area contributed by atoms with Gasteiger partial charge in [-0.15, -0.1) is 12.4 Å². The van der Waals surface area contributed by atoms with E-state index >= 15 is 0 Å². The van der Waals surface area contributed by atoms with Gasteiger partial charge in [-0.25, -0.2) is 0 Å². The third-order valence-corrected chi connectivity index (χ3v) is 3.74. The summed E-state index contributed by atoms with van der Waals surface area (Å²) in [5, 5.41) is 6.29. The van der Waals surface area contributed by atoms with E-state index in [-0.39, 0.29) is 12.4 Å². The zero-order valence-corrected chi connectivity index (χ0v) is 12.1. The first-order valence-electron chi connectivity index (χ1n) is 6.39. The lowest BCUT2D eigenvalue weighted by molar-refractivity contribution is 0.164. The van der Waals surface area contributed by atoms with Crippen LogP contribution >= 0.6 is 24.0 Å².